The Labute approximate surface area is 64.2 Å². The summed E-state index contributed by atoms with van der Waals surface area (Å²) in [5.74, 6) is -3.09. The Balaban J connectivity index is 4.04. The number of hydrogen-bond acceptors (Lipinski definition) is 3. The molecule has 0 rings (SSSR count). The average Bonchev–Trinajstić information content (AvgIpc) is 1.84. The third kappa shape index (κ3) is 3.50. The molecular weight excluding hydrogens is 148 g/mol. The molecule has 1 atom stereocenters. The van der Waals surface area contributed by atoms with Crippen molar-refractivity contribution in [1.29, 1.82) is 0 Å². The first-order valence-electron chi connectivity index (χ1n) is 3.20. The van der Waals surface area contributed by atoms with Crippen LogP contribution in [0.3, 0.4) is 0 Å². The molecule has 0 aromatic heterocycles. The molecule has 0 radical (unpaired) electrons. The second-order valence-electron chi connectivity index (χ2n) is 2.41. The van der Waals surface area contributed by atoms with Crippen LogP contribution in [0, 0.1) is 5.92 Å². The van der Waals surface area contributed by atoms with Crippen LogP contribution in [0.25, 0.3) is 0 Å². The summed E-state index contributed by atoms with van der Waals surface area (Å²) in [6, 6.07) is 0. The lowest BCUT2D eigenvalue weighted by atomic mass is 10.0. The van der Waals surface area contributed by atoms with Gasteiger partial charge >= 0.3 is 5.97 Å². The Hall–Kier alpha value is -1.19. The highest BCUT2D eigenvalue weighted by Crippen LogP contribution is 2.00. The van der Waals surface area contributed by atoms with Crippen molar-refractivity contribution in [2.24, 2.45) is 5.92 Å². The van der Waals surface area contributed by atoms with Crippen LogP contribution < -0.4 is 0 Å². The maximum absolute atomic E-state index is 10.8. The van der Waals surface area contributed by atoms with Crippen molar-refractivity contribution in [3.63, 3.8) is 0 Å². The van der Waals surface area contributed by atoms with Gasteiger partial charge in [-0.3, -0.25) is 14.4 Å². The van der Waals surface area contributed by atoms with E-state index in [1.165, 1.54) is 13.8 Å². The van der Waals surface area contributed by atoms with E-state index in [-0.39, 0.29) is 12.2 Å². The molecule has 0 aliphatic heterocycles. The van der Waals surface area contributed by atoms with E-state index in [1.54, 1.807) is 0 Å². The van der Waals surface area contributed by atoms with E-state index in [2.05, 4.69) is 0 Å². The van der Waals surface area contributed by atoms with Crippen molar-refractivity contribution in [3.8, 4) is 0 Å². The number of carboxylic acids is 1. The van der Waals surface area contributed by atoms with Crippen LogP contribution >= 0.6 is 0 Å². The van der Waals surface area contributed by atoms with Gasteiger partial charge in [0.25, 0.3) is 0 Å². The summed E-state index contributed by atoms with van der Waals surface area (Å²) in [5, 5.41) is 8.33. The fourth-order valence-electron chi connectivity index (χ4n) is 0.536. The van der Waals surface area contributed by atoms with Gasteiger partial charge in [-0.25, -0.2) is 0 Å². The van der Waals surface area contributed by atoms with E-state index in [4.69, 9.17) is 5.11 Å². The van der Waals surface area contributed by atoms with Crippen LogP contribution in [0.15, 0.2) is 0 Å². The van der Waals surface area contributed by atoms with Crippen LogP contribution in [0.1, 0.15) is 20.3 Å². The summed E-state index contributed by atoms with van der Waals surface area (Å²) in [7, 11) is 0. The molecule has 4 nitrogen and oxygen atoms in total. The molecule has 0 fully saturated rings. The third-order valence-corrected chi connectivity index (χ3v) is 1.28. The molecule has 0 amide bonds. The second kappa shape index (κ2) is 3.85. The topological polar surface area (TPSA) is 71.4 Å². The summed E-state index contributed by atoms with van der Waals surface area (Å²) in [6.07, 6.45) is -0.284. The van der Waals surface area contributed by atoms with E-state index in [9.17, 15) is 14.4 Å². The molecule has 0 heterocycles. The van der Waals surface area contributed by atoms with Gasteiger partial charge in [0.2, 0.25) is 0 Å². The van der Waals surface area contributed by atoms with Gasteiger partial charge in [-0.1, -0.05) is 0 Å². The molecule has 0 aromatic carbocycles. The minimum Gasteiger partial charge on any atom is -0.481 e. The van der Waals surface area contributed by atoms with Crippen molar-refractivity contribution < 1.29 is 19.5 Å². The zero-order valence-corrected chi connectivity index (χ0v) is 6.46. The van der Waals surface area contributed by atoms with E-state index in [0.29, 0.717) is 0 Å². The predicted molar refractivity (Wildman–Crippen MR) is 37.1 cm³/mol. The van der Waals surface area contributed by atoms with E-state index in [1.807, 2.05) is 0 Å². The predicted octanol–water partition coefficient (Wildman–Crippen LogP) is 0.255. The molecule has 62 valence electrons. The monoisotopic (exact) mass is 158 g/mol. The largest absolute Gasteiger partial charge is 0.481 e. The average molecular weight is 158 g/mol. The van der Waals surface area contributed by atoms with E-state index in [0.717, 1.165) is 0 Å². The number of rotatable bonds is 4. The van der Waals surface area contributed by atoms with Gasteiger partial charge in [-0.2, -0.15) is 0 Å². The van der Waals surface area contributed by atoms with Crippen LogP contribution in [0.5, 0.6) is 0 Å². The fourth-order valence-corrected chi connectivity index (χ4v) is 0.536. The minimum atomic E-state index is -1.18. The molecule has 1 N–H and O–H groups in total. The minimum absolute atomic E-state index is 0.284. The van der Waals surface area contributed by atoms with Gasteiger partial charge in [-0.15, -0.1) is 0 Å². The van der Waals surface area contributed by atoms with Crippen molar-refractivity contribution in [2.75, 3.05) is 0 Å². The Morgan fingerprint density at radius 2 is 1.82 bits per heavy atom. The zero-order valence-electron chi connectivity index (χ0n) is 6.46. The first kappa shape index (κ1) is 9.81. The Morgan fingerprint density at radius 1 is 1.36 bits per heavy atom. The first-order chi connectivity index (χ1) is 4.95. The Bertz CT molecular complexity index is 195. The smallest absolute Gasteiger partial charge is 0.313 e. The van der Waals surface area contributed by atoms with Gasteiger partial charge in [0.1, 0.15) is 11.7 Å². The second-order valence-corrected chi connectivity index (χ2v) is 2.41. The molecular formula is C7H10O4. The maximum atomic E-state index is 10.8. The lowest BCUT2D eigenvalue weighted by Crippen LogP contribution is -2.22. The van der Waals surface area contributed by atoms with Gasteiger partial charge < -0.3 is 5.11 Å². The SMILES string of the molecule is CC(=O)CC(=O)C(C)C(=O)O. The standard InChI is InChI=1S/C7H10O4/c1-4(8)3-6(9)5(2)7(10)11/h5H,3H2,1-2H3,(H,10,11). The number of aliphatic carboxylic acids is 1. The first-order valence-corrected chi connectivity index (χ1v) is 3.20. The lowest BCUT2D eigenvalue weighted by Gasteiger charge is -2.01. The summed E-state index contributed by atoms with van der Waals surface area (Å²) in [6.45, 7) is 2.53. The molecule has 0 bridgehead atoms. The number of carbonyl (C=O) groups is 3. The highest BCUT2D eigenvalue weighted by molar-refractivity contribution is 6.06. The molecule has 1 unspecified atom stereocenters. The maximum Gasteiger partial charge on any atom is 0.313 e. The van der Waals surface area contributed by atoms with Crippen LogP contribution in [0.4, 0.5) is 0 Å². The Morgan fingerprint density at radius 3 is 2.09 bits per heavy atom. The number of carboxylic acid groups (broad SMARTS) is 1. The molecule has 0 aromatic rings. The molecule has 0 saturated heterocycles. The van der Waals surface area contributed by atoms with Gasteiger partial charge in [0, 0.05) is 0 Å². The number of hydrogen-bond donors (Lipinski definition) is 1. The molecule has 0 aliphatic carbocycles. The summed E-state index contributed by atoms with van der Waals surface area (Å²) < 4.78 is 0. The lowest BCUT2D eigenvalue weighted by molar-refractivity contribution is -0.145. The van der Waals surface area contributed by atoms with Crippen LogP contribution in [0.2, 0.25) is 0 Å². The summed E-state index contributed by atoms with van der Waals surface area (Å²) in [4.78, 5) is 31.4. The molecule has 0 saturated carbocycles. The van der Waals surface area contributed by atoms with Crippen LogP contribution in [-0.4, -0.2) is 22.6 Å². The zero-order chi connectivity index (χ0) is 9.02. The number of Topliss-reactive ketones (excluding diaryl/α,β-unsaturated/α-hetero) is 2. The summed E-state index contributed by atoms with van der Waals surface area (Å²) >= 11 is 0. The van der Waals surface area contributed by atoms with Crippen LogP contribution in [-0.2, 0) is 14.4 Å². The molecule has 0 aliphatic rings. The fraction of sp³-hybridized carbons (Fsp3) is 0.571. The van der Waals surface area contributed by atoms with Crippen molar-refractivity contribution in [2.45, 2.75) is 20.3 Å². The quantitative estimate of drug-likeness (QED) is 0.595. The van der Waals surface area contributed by atoms with Gasteiger partial charge in [-0.05, 0) is 13.8 Å². The third-order valence-electron chi connectivity index (χ3n) is 1.28. The highest BCUT2D eigenvalue weighted by atomic mass is 16.4. The van der Waals surface area contributed by atoms with Crippen molar-refractivity contribution in [3.05, 3.63) is 0 Å². The molecule has 11 heavy (non-hydrogen) atoms. The Kier molecular flexibility index (Phi) is 3.44. The van der Waals surface area contributed by atoms with Crippen molar-refractivity contribution in [1.82, 2.24) is 0 Å². The number of ketones is 2. The van der Waals surface area contributed by atoms with Gasteiger partial charge in [0.05, 0.1) is 6.42 Å². The highest BCUT2D eigenvalue weighted by Gasteiger charge is 2.20. The molecule has 0 spiro atoms. The van der Waals surface area contributed by atoms with E-state index < -0.39 is 17.7 Å². The van der Waals surface area contributed by atoms with Crippen molar-refractivity contribution >= 4 is 17.5 Å². The number of carbonyl (C=O) groups excluding carboxylic acids is 2. The van der Waals surface area contributed by atoms with Gasteiger partial charge in [0.15, 0.2) is 5.78 Å². The van der Waals surface area contributed by atoms with E-state index >= 15 is 0 Å². The summed E-state index contributed by atoms with van der Waals surface area (Å²) in [5.41, 5.74) is 0. The molecule has 4 heteroatoms. The normalized spacial score (nSPS) is 12.2.